The van der Waals surface area contributed by atoms with Crippen molar-refractivity contribution in [1.82, 2.24) is 14.9 Å². The summed E-state index contributed by atoms with van der Waals surface area (Å²) in [6.07, 6.45) is -3.81. The molecule has 2 aromatic heterocycles. The highest BCUT2D eigenvalue weighted by Gasteiger charge is 2.40. The summed E-state index contributed by atoms with van der Waals surface area (Å²) in [5, 5.41) is 16.4. The zero-order chi connectivity index (χ0) is 21.5. The number of hydrogen-bond donors (Lipinski definition) is 0. The van der Waals surface area contributed by atoms with Crippen LogP contribution in [0.2, 0.25) is 5.02 Å². The fraction of sp³-hybridized carbons (Fsp3) is 0.0500. The second kappa shape index (κ2) is 7.31. The lowest BCUT2D eigenvalue weighted by molar-refractivity contribution is -0.142. The maximum absolute atomic E-state index is 14.1. The molecule has 150 valence electrons. The van der Waals surface area contributed by atoms with E-state index in [1.165, 1.54) is 42.5 Å². The van der Waals surface area contributed by atoms with E-state index in [-0.39, 0.29) is 33.3 Å². The van der Waals surface area contributed by atoms with Gasteiger partial charge in [-0.05, 0) is 36.4 Å². The van der Waals surface area contributed by atoms with Crippen molar-refractivity contribution in [2.24, 2.45) is 0 Å². The molecule has 0 aliphatic rings. The summed E-state index contributed by atoms with van der Waals surface area (Å²) in [6.45, 7) is 0. The maximum Gasteiger partial charge on any atom is 0.434 e. The molecule has 0 N–H and O–H groups in total. The molecule has 2 heterocycles. The summed E-state index contributed by atoms with van der Waals surface area (Å²) < 4.78 is 61.5. The van der Waals surface area contributed by atoms with Gasteiger partial charge in [-0.25, -0.2) is 9.07 Å². The van der Waals surface area contributed by atoms with E-state index in [1.54, 1.807) is 0 Å². The summed E-state index contributed by atoms with van der Waals surface area (Å²) >= 11 is 5.99. The first kappa shape index (κ1) is 19.7. The first-order valence-electron chi connectivity index (χ1n) is 8.37. The van der Waals surface area contributed by atoms with Gasteiger partial charge < -0.3 is 4.52 Å². The minimum Gasteiger partial charge on any atom is -0.356 e. The molecule has 0 fully saturated rings. The third-order valence-corrected chi connectivity index (χ3v) is 4.59. The SMILES string of the molecule is N#Cc1ccc(-n2ncc(-c3cc(-c4c(F)cccc4Cl)no3)c2C(F)(F)F)cc1. The molecule has 0 saturated carbocycles. The third kappa shape index (κ3) is 3.42. The Balaban J connectivity index is 1.84. The Labute approximate surface area is 171 Å². The summed E-state index contributed by atoms with van der Waals surface area (Å²) in [5.41, 5.74) is -1.21. The van der Waals surface area contributed by atoms with Gasteiger partial charge >= 0.3 is 6.18 Å². The fourth-order valence-electron chi connectivity index (χ4n) is 2.94. The standard InChI is InChI=1S/C20H9ClF4N4O/c21-14-2-1-3-15(22)18(14)16-8-17(30-28-16)13-10-27-29(19(13)20(23,24)25)12-6-4-11(9-26)5-7-12/h1-8,10H. The van der Waals surface area contributed by atoms with Crippen molar-refractivity contribution in [1.29, 1.82) is 5.26 Å². The number of rotatable bonds is 3. The normalized spacial score (nSPS) is 11.5. The van der Waals surface area contributed by atoms with Crippen LogP contribution in [0.3, 0.4) is 0 Å². The van der Waals surface area contributed by atoms with Crippen molar-refractivity contribution in [3.63, 3.8) is 0 Å². The molecule has 0 bridgehead atoms. The van der Waals surface area contributed by atoms with Crippen molar-refractivity contribution >= 4 is 11.6 Å². The van der Waals surface area contributed by atoms with Gasteiger partial charge in [0.05, 0.1) is 39.7 Å². The predicted octanol–water partition coefficient (Wildman–Crippen LogP) is 5.88. The first-order valence-corrected chi connectivity index (χ1v) is 8.74. The minimum atomic E-state index is -4.79. The van der Waals surface area contributed by atoms with Crippen LogP contribution in [0.1, 0.15) is 11.3 Å². The van der Waals surface area contributed by atoms with Crippen molar-refractivity contribution in [2.75, 3.05) is 0 Å². The molecule has 0 atom stereocenters. The van der Waals surface area contributed by atoms with Gasteiger partial charge in [-0.1, -0.05) is 22.8 Å². The van der Waals surface area contributed by atoms with Crippen LogP contribution in [0.5, 0.6) is 0 Å². The molecule has 0 unspecified atom stereocenters. The monoisotopic (exact) mass is 432 g/mol. The molecule has 4 aromatic rings. The Hall–Kier alpha value is -3.64. The Morgan fingerprint density at radius 2 is 1.83 bits per heavy atom. The van der Waals surface area contributed by atoms with E-state index in [1.807, 2.05) is 6.07 Å². The number of aromatic nitrogens is 3. The Bertz CT molecular complexity index is 1250. The van der Waals surface area contributed by atoms with E-state index in [0.29, 0.717) is 10.2 Å². The van der Waals surface area contributed by atoms with Crippen LogP contribution in [0, 0.1) is 17.1 Å². The highest BCUT2D eigenvalue weighted by atomic mass is 35.5. The molecule has 0 radical (unpaired) electrons. The molecule has 0 amide bonds. The molecule has 0 aliphatic heterocycles. The van der Waals surface area contributed by atoms with Crippen molar-refractivity contribution in [2.45, 2.75) is 6.18 Å². The van der Waals surface area contributed by atoms with Crippen LogP contribution in [-0.4, -0.2) is 14.9 Å². The Kier molecular flexibility index (Phi) is 4.79. The summed E-state index contributed by atoms with van der Waals surface area (Å²) in [6, 6.07) is 12.5. The largest absolute Gasteiger partial charge is 0.434 e. The molecular weight excluding hydrogens is 424 g/mol. The molecule has 30 heavy (non-hydrogen) atoms. The van der Waals surface area contributed by atoms with Gasteiger partial charge in [0.1, 0.15) is 11.5 Å². The molecule has 0 saturated heterocycles. The molecule has 0 aliphatic carbocycles. The minimum absolute atomic E-state index is 0.0409. The molecule has 4 rings (SSSR count). The quantitative estimate of drug-likeness (QED) is 0.379. The van der Waals surface area contributed by atoms with Crippen LogP contribution in [0.4, 0.5) is 17.6 Å². The number of benzene rings is 2. The second-order valence-corrected chi connectivity index (χ2v) is 6.56. The Morgan fingerprint density at radius 1 is 1.10 bits per heavy atom. The highest BCUT2D eigenvalue weighted by molar-refractivity contribution is 6.33. The van der Waals surface area contributed by atoms with Crippen LogP contribution in [0.15, 0.2) is 59.3 Å². The fourth-order valence-corrected chi connectivity index (χ4v) is 3.20. The van der Waals surface area contributed by atoms with Gasteiger partial charge in [0.15, 0.2) is 11.5 Å². The smallest absolute Gasteiger partial charge is 0.356 e. The summed E-state index contributed by atoms with van der Waals surface area (Å²) in [5.74, 6) is -0.941. The molecular formula is C20H9ClF4N4O. The van der Waals surface area contributed by atoms with Crippen molar-refractivity contribution in [3.05, 3.63) is 76.8 Å². The lowest BCUT2D eigenvalue weighted by Crippen LogP contribution is -2.14. The first-order chi connectivity index (χ1) is 14.3. The van der Waals surface area contributed by atoms with E-state index in [9.17, 15) is 17.6 Å². The third-order valence-electron chi connectivity index (χ3n) is 4.27. The highest BCUT2D eigenvalue weighted by Crippen LogP contribution is 2.40. The van der Waals surface area contributed by atoms with Crippen LogP contribution < -0.4 is 0 Å². The molecule has 2 aromatic carbocycles. The zero-order valence-corrected chi connectivity index (χ0v) is 15.5. The van der Waals surface area contributed by atoms with Crippen molar-refractivity contribution < 1.29 is 22.1 Å². The average molecular weight is 433 g/mol. The summed E-state index contributed by atoms with van der Waals surface area (Å²) in [4.78, 5) is 0. The zero-order valence-electron chi connectivity index (χ0n) is 14.8. The van der Waals surface area contributed by atoms with Crippen LogP contribution in [-0.2, 0) is 6.18 Å². The topological polar surface area (TPSA) is 67.6 Å². The molecule has 5 nitrogen and oxygen atoms in total. The maximum atomic E-state index is 14.1. The van der Waals surface area contributed by atoms with E-state index in [2.05, 4.69) is 10.3 Å². The van der Waals surface area contributed by atoms with E-state index in [0.717, 1.165) is 12.3 Å². The lowest BCUT2D eigenvalue weighted by Gasteiger charge is -2.11. The van der Waals surface area contributed by atoms with E-state index < -0.39 is 17.7 Å². The van der Waals surface area contributed by atoms with Gasteiger partial charge in [-0.15, -0.1) is 0 Å². The number of alkyl halides is 3. The average Bonchev–Trinajstić information content (AvgIpc) is 3.35. The van der Waals surface area contributed by atoms with Gasteiger partial charge in [0.25, 0.3) is 0 Å². The molecule has 0 spiro atoms. The lowest BCUT2D eigenvalue weighted by atomic mass is 10.1. The Morgan fingerprint density at radius 3 is 2.47 bits per heavy atom. The van der Waals surface area contributed by atoms with Gasteiger partial charge in [0.2, 0.25) is 0 Å². The van der Waals surface area contributed by atoms with Gasteiger partial charge in [-0.2, -0.15) is 23.5 Å². The van der Waals surface area contributed by atoms with E-state index >= 15 is 0 Å². The second-order valence-electron chi connectivity index (χ2n) is 6.15. The number of nitrogens with zero attached hydrogens (tertiary/aromatic N) is 4. The van der Waals surface area contributed by atoms with Crippen molar-refractivity contribution in [3.8, 4) is 34.3 Å². The van der Waals surface area contributed by atoms with Crippen LogP contribution >= 0.6 is 11.6 Å². The number of nitriles is 1. The van der Waals surface area contributed by atoms with Crippen LogP contribution in [0.25, 0.3) is 28.3 Å². The number of hydrogen-bond acceptors (Lipinski definition) is 4. The summed E-state index contributed by atoms with van der Waals surface area (Å²) in [7, 11) is 0. The number of halogens is 5. The van der Waals surface area contributed by atoms with E-state index in [4.69, 9.17) is 21.4 Å². The van der Waals surface area contributed by atoms with Gasteiger partial charge in [-0.3, -0.25) is 0 Å². The molecule has 10 heteroatoms. The predicted molar refractivity (Wildman–Crippen MR) is 99.2 cm³/mol. The van der Waals surface area contributed by atoms with Gasteiger partial charge in [0, 0.05) is 6.07 Å².